The Kier molecular flexibility index (Phi) is 4.30. The summed E-state index contributed by atoms with van der Waals surface area (Å²) in [7, 11) is 6.09. The zero-order valence-electron chi connectivity index (χ0n) is 8.81. The second kappa shape index (κ2) is 4.49. The molecule has 1 N–H and O–H groups in total. The van der Waals surface area contributed by atoms with Gasteiger partial charge in [-0.3, -0.25) is 0 Å². The molecule has 0 bridgehead atoms. The lowest BCUT2D eigenvalue weighted by atomic mass is 9.91. The fraction of sp³-hybridized carbons (Fsp3) is 0.800. The van der Waals surface area contributed by atoms with Crippen LogP contribution in [0.25, 0.3) is 0 Å². The molecule has 0 saturated heterocycles. The molecule has 12 heavy (non-hydrogen) atoms. The third-order valence-corrected chi connectivity index (χ3v) is 2.68. The van der Waals surface area contributed by atoms with E-state index in [1.54, 1.807) is 0 Å². The van der Waals surface area contributed by atoms with Crippen LogP contribution in [-0.2, 0) is 0 Å². The summed E-state index contributed by atoms with van der Waals surface area (Å²) in [6, 6.07) is 0.345. The highest BCUT2D eigenvalue weighted by Crippen LogP contribution is 2.17. The van der Waals surface area contributed by atoms with Crippen LogP contribution in [-0.4, -0.2) is 37.6 Å². The Morgan fingerprint density at radius 2 is 2.00 bits per heavy atom. The molecule has 0 aliphatic rings. The molecule has 2 nitrogen and oxygen atoms in total. The molecular weight excluding hydrogens is 148 g/mol. The van der Waals surface area contributed by atoms with E-state index in [2.05, 4.69) is 44.1 Å². The minimum atomic E-state index is 0.0983. The predicted octanol–water partition coefficient (Wildman–Crippen LogP) is 0.938. The van der Waals surface area contributed by atoms with Gasteiger partial charge in [0, 0.05) is 18.0 Å². The van der Waals surface area contributed by atoms with Gasteiger partial charge in [-0.05, 0) is 35.0 Å². The van der Waals surface area contributed by atoms with Crippen LogP contribution < -0.4 is 5.32 Å². The summed E-state index contributed by atoms with van der Waals surface area (Å²) in [5.41, 5.74) is 0.0983. The first-order valence-electron chi connectivity index (χ1n) is 4.25. The van der Waals surface area contributed by atoms with Gasteiger partial charge < -0.3 is 10.2 Å². The van der Waals surface area contributed by atoms with Gasteiger partial charge in [0.1, 0.15) is 0 Å². The molecular formula is C10H20N2. The van der Waals surface area contributed by atoms with Gasteiger partial charge in [-0.1, -0.05) is 0 Å². The largest absolute Gasteiger partial charge is 0.314 e. The minimum absolute atomic E-state index is 0.0983. The summed E-state index contributed by atoms with van der Waals surface area (Å²) in [6.45, 7) is 4.37. The molecule has 1 atom stereocenters. The second-order valence-corrected chi connectivity index (χ2v) is 3.80. The summed E-state index contributed by atoms with van der Waals surface area (Å²) in [4.78, 5) is 2.19. The number of hydrogen-bond donors (Lipinski definition) is 1. The average Bonchev–Trinajstić information content (AvgIpc) is 1.99. The van der Waals surface area contributed by atoms with E-state index in [4.69, 9.17) is 6.42 Å². The molecule has 0 saturated carbocycles. The number of rotatable bonds is 4. The van der Waals surface area contributed by atoms with Crippen molar-refractivity contribution in [2.24, 2.45) is 0 Å². The first-order valence-corrected chi connectivity index (χ1v) is 4.25. The van der Waals surface area contributed by atoms with Crippen molar-refractivity contribution in [3.8, 4) is 12.3 Å². The van der Waals surface area contributed by atoms with Crippen LogP contribution in [0.4, 0.5) is 0 Å². The van der Waals surface area contributed by atoms with Crippen molar-refractivity contribution >= 4 is 0 Å². The smallest absolute Gasteiger partial charge is 0.0353 e. The van der Waals surface area contributed by atoms with E-state index in [0.717, 1.165) is 6.42 Å². The highest BCUT2D eigenvalue weighted by atomic mass is 15.2. The average molecular weight is 168 g/mol. The SMILES string of the molecule is C#CCC(NC)C(C)(C)N(C)C. The lowest BCUT2D eigenvalue weighted by molar-refractivity contribution is 0.144. The van der Waals surface area contributed by atoms with Gasteiger partial charge in [0.2, 0.25) is 0 Å². The summed E-state index contributed by atoms with van der Waals surface area (Å²) < 4.78 is 0. The van der Waals surface area contributed by atoms with Gasteiger partial charge in [0.15, 0.2) is 0 Å². The third kappa shape index (κ3) is 2.51. The van der Waals surface area contributed by atoms with Crippen LogP contribution in [0.3, 0.4) is 0 Å². The summed E-state index contributed by atoms with van der Waals surface area (Å²) in [5.74, 6) is 2.69. The lowest BCUT2D eigenvalue weighted by Crippen LogP contribution is -2.54. The van der Waals surface area contributed by atoms with E-state index in [1.165, 1.54) is 0 Å². The summed E-state index contributed by atoms with van der Waals surface area (Å²) in [5, 5.41) is 3.24. The van der Waals surface area contributed by atoms with Gasteiger partial charge >= 0.3 is 0 Å². The van der Waals surface area contributed by atoms with Crippen molar-refractivity contribution in [2.45, 2.75) is 31.8 Å². The Labute approximate surface area is 76.3 Å². The van der Waals surface area contributed by atoms with Gasteiger partial charge in [0.25, 0.3) is 0 Å². The Balaban J connectivity index is 4.38. The first kappa shape index (κ1) is 11.5. The molecule has 0 aromatic heterocycles. The van der Waals surface area contributed by atoms with Gasteiger partial charge in [-0.2, -0.15) is 0 Å². The maximum Gasteiger partial charge on any atom is 0.0353 e. The van der Waals surface area contributed by atoms with Crippen molar-refractivity contribution in [3.05, 3.63) is 0 Å². The van der Waals surface area contributed by atoms with Crippen molar-refractivity contribution in [1.29, 1.82) is 0 Å². The van der Waals surface area contributed by atoms with E-state index >= 15 is 0 Å². The van der Waals surface area contributed by atoms with Crippen LogP contribution in [0.5, 0.6) is 0 Å². The Bertz CT molecular complexity index is 165. The fourth-order valence-corrected chi connectivity index (χ4v) is 1.13. The molecule has 2 heteroatoms. The van der Waals surface area contributed by atoms with Crippen LogP contribution >= 0.6 is 0 Å². The Morgan fingerprint density at radius 1 is 1.50 bits per heavy atom. The second-order valence-electron chi connectivity index (χ2n) is 3.80. The standard InChI is InChI=1S/C10H20N2/c1-7-8-9(11-4)10(2,3)12(5)6/h1,9,11H,8H2,2-6H3. The van der Waals surface area contributed by atoms with E-state index < -0.39 is 0 Å². The van der Waals surface area contributed by atoms with Crippen molar-refractivity contribution in [1.82, 2.24) is 10.2 Å². The molecule has 0 radical (unpaired) electrons. The molecule has 0 aromatic carbocycles. The topological polar surface area (TPSA) is 15.3 Å². The normalized spacial score (nSPS) is 14.4. The molecule has 0 rings (SSSR count). The number of terminal acetylenes is 1. The highest BCUT2D eigenvalue weighted by Gasteiger charge is 2.29. The quantitative estimate of drug-likeness (QED) is 0.628. The van der Waals surface area contributed by atoms with E-state index in [1.807, 2.05) is 7.05 Å². The number of nitrogens with one attached hydrogen (secondary N) is 1. The molecule has 0 heterocycles. The molecule has 0 amide bonds. The Morgan fingerprint density at radius 3 is 2.25 bits per heavy atom. The maximum atomic E-state index is 5.29. The number of nitrogens with zero attached hydrogens (tertiary/aromatic N) is 1. The third-order valence-electron chi connectivity index (χ3n) is 2.68. The van der Waals surface area contributed by atoms with Gasteiger partial charge in [0.05, 0.1) is 0 Å². The van der Waals surface area contributed by atoms with E-state index in [-0.39, 0.29) is 5.54 Å². The zero-order chi connectivity index (χ0) is 9.78. The molecule has 0 aliphatic heterocycles. The molecule has 0 spiro atoms. The monoisotopic (exact) mass is 168 g/mol. The van der Waals surface area contributed by atoms with Crippen molar-refractivity contribution in [2.75, 3.05) is 21.1 Å². The van der Waals surface area contributed by atoms with Gasteiger partial charge in [-0.15, -0.1) is 12.3 Å². The lowest BCUT2D eigenvalue weighted by Gasteiger charge is -2.39. The Hall–Kier alpha value is -0.520. The molecule has 70 valence electrons. The predicted molar refractivity (Wildman–Crippen MR) is 54.1 cm³/mol. The van der Waals surface area contributed by atoms with Gasteiger partial charge in [-0.25, -0.2) is 0 Å². The van der Waals surface area contributed by atoms with E-state index in [0.29, 0.717) is 6.04 Å². The fourth-order valence-electron chi connectivity index (χ4n) is 1.13. The first-order chi connectivity index (χ1) is 5.46. The van der Waals surface area contributed by atoms with Crippen LogP contribution in [0, 0.1) is 12.3 Å². The van der Waals surface area contributed by atoms with Crippen molar-refractivity contribution in [3.63, 3.8) is 0 Å². The summed E-state index contributed by atoms with van der Waals surface area (Å²) >= 11 is 0. The minimum Gasteiger partial charge on any atom is -0.314 e. The zero-order valence-corrected chi connectivity index (χ0v) is 8.81. The highest BCUT2D eigenvalue weighted by molar-refractivity contribution is 4.99. The van der Waals surface area contributed by atoms with Crippen molar-refractivity contribution < 1.29 is 0 Å². The number of likely N-dealkylation sites (N-methyl/N-ethyl adjacent to an activating group) is 2. The molecule has 1 unspecified atom stereocenters. The maximum absolute atomic E-state index is 5.29. The summed E-state index contributed by atoms with van der Waals surface area (Å²) in [6.07, 6.45) is 6.06. The molecule has 0 fully saturated rings. The molecule has 0 aliphatic carbocycles. The van der Waals surface area contributed by atoms with Crippen LogP contribution in [0.15, 0.2) is 0 Å². The van der Waals surface area contributed by atoms with Crippen LogP contribution in [0.2, 0.25) is 0 Å². The molecule has 0 aromatic rings. The van der Waals surface area contributed by atoms with E-state index in [9.17, 15) is 0 Å². The van der Waals surface area contributed by atoms with Crippen LogP contribution in [0.1, 0.15) is 20.3 Å². The number of hydrogen-bond acceptors (Lipinski definition) is 2.